The molecule has 0 bridgehead atoms. The number of Topliss-reactive ketones (excluding diaryl/α,β-unsaturated/α-hetero) is 1. The Morgan fingerprint density at radius 2 is 1.75 bits per heavy atom. The summed E-state index contributed by atoms with van der Waals surface area (Å²) in [5.41, 5.74) is 3.42. The molecule has 5 rings (SSSR count). The van der Waals surface area contributed by atoms with E-state index in [9.17, 15) is 15.3 Å². The van der Waals surface area contributed by atoms with Gasteiger partial charge in [0.1, 0.15) is 17.4 Å². The van der Waals surface area contributed by atoms with Crippen LogP contribution in [0.25, 0.3) is 5.76 Å². The summed E-state index contributed by atoms with van der Waals surface area (Å²) in [7, 11) is 0. The van der Waals surface area contributed by atoms with Gasteiger partial charge in [0.2, 0.25) is 0 Å². The highest BCUT2D eigenvalue weighted by Crippen LogP contribution is 2.48. The third-order valence-corrected chi connectivity index (χ3v) is 7.45. The largest absolute Gasteiger partial charge is 0.507 e. The van der Waals surface area contributed by atoms with E-state index in [1.54, 1.807) is 53.4 Å². The highest BCUT2D eigenvalue weighted by molar-refractivity contribution is 6.42. The molecule has 0 radical (unpaired) electrons. The smallest absolute Gasteiger partial charge is 0.161 e. The molecule has 1 aliphatic heterocycles. The van der Waals surface area contributed by atoms with Gasteiger partial charge < -0.3 is 5.11 Å². The Balaban J connectivity index is 1.85. The van der Waals surface area contributed by atoms with Crippen LogP contribution in [0.15, 0.2) is 83.6 Å². The van der Waals surface area contributed by atoms with Crippen LogP contribution in [-0.4, -0.2) is 16.7 Å². The summed E-state index contributed by atoms with van der Waals surface area (Å²) in [5.74, 6) is -1.78. The van der Waals surface area contributed by atoms with Gasteiger partial charge >= 0.3 is 0 Å². The maximum absolute atomic E-state index is 15.2. The molecule has 182 valence electrons. The quantitative estimate of drug-likeness (QED) is 0.343. The fourth-order valence-corrected chi connectivity index (χ4v) is 5.28. The second-order valence-electron chi connectivity index (χ2n) is 9.00. The van der Waals surface area contributed by atoms with E-state index in [4.69, 9.17) is 23.2 Å². The predicted molar refractivity (Wildman–Crippen MR) is 142 cm³/mol. The summed E-state index contributed by atoms with van der Waals surface area (Å²) in [5, 5.41) is 21.5. The number of carbonyl (C=O) groups excluding carboxylic acids is 1. The number of allylic oxidation sites excluding steroid dienone is 2. The number of benzene rings is 3. The molecule has 2 N–H and O–H groups in total. The fraction of sp³-hybridized carbons (Fsp3) is 0.172. The minimum absolute atomic E-state index is 0.0480. The zero-order valence-electron chi connectivity index (χ0n) is 19.5. The van der Waals surface area contributed by atoms with Gasteiger partial charge in [-0.05, 0) is 44.0 Å². The molecule has 1 aliphatic carbocycles. The van der Waals surface area contributed by atoms with Gasteiger partial charge in [-0.1, -0.05) is 71.2 Å². The molecular weight excluding hydrogens is 498 g/mol. The van der Waals surface area contributed by atoms with Crippen LogP contribution < -0.4 is 4.90 Å². The molecule has 0 aromatic heterocycles. The number of halogens is 3. The number of hydrogen-bond acceptors (Lipinski definition) is 3. The van der Waals surface area contributed by atoms with Crippen LogP contribution in [0.1, 0.15) is 41.9 Å². The molecule has 0 amide bonds. The topological polar surface area (TPSA) is 64.4 Å². The molecule has 0 saturated heterocycles. The number of aliphatic hydroxyl groups excluding tert-OH is 1. The van der Waals surface area contributed by atoms with E-state index in [-0.39, 0.29) is 28.5 Å². The average Bonchev–Trinajstić information content (AvgIpc) is 2.86. The molecule has 3 aromatic carbocycles. The Hall–Kier alpha value is -3.41. The van der Waals surface area contributed by atoms with Gasteiger partial charge in [-0.2, -0.15) is 0 Å². The van der Waals surface area contributed by atoms with Crippen LogP contribution in [0.3, 0.4) is 0 Å². The molecule has 0 fully saturated rings. The van der Waals surface area contributed by atoms with E-state index in [0.29, 0.717) is 51.8 Å². The predicted octanol–water partition coefficient (Wildman–Crippen LogP) is 8.00. The standard InChI is InChI=1S/C29H23Cl2FN2O2/c1-16-9-11-17(12-10-16)28(36)27-25(19-5-2-3-6-22(19)32)26-23(7-4-8-24(26)35)34(29(27)33)18-13-14-20(30)21(31)15-18/h2-3,5-6,9-15,25,33,36H,4,7-8H2,1H3/b28-27+,33-29?. The van der Waals surface area contributed by atoms with Gasteiger partial charge in [-0.3, -0.25) is 15.1 Å². The molecule has 1 unspecified atom stereocenters. The maximum atomic E-state index is 15.2. The van der Waals surface area contributed by atoms with Crippen molar-refractivity contribution in [1.29, 1.82) is 5.41 Å². The molecule has 0 spiro atoms. The molecule has 1 heterocycles. The SMILES string of the molecule is Cc1ccc(/C(O)=C2\C(=N)N(c3ccc(Cl)c(Cl)c3)C3=C(C(=O)CCC3)C2c2ccccc2F)cc1. The highest BCUT2D eigenvalue weighted by atomic mass is 35.5. The average molecular weight is 521 g/mol. The Kier molecular flexibility index (Phi) is 6.45. The van der Waals surface area contributed by atoms with Crippen LogP contribution in [0.2, 0.25) is 10.0 Å². The summed E-state index contributed by atoms with van der Waals surface area (Å²) in [4.78, 5) is 15.1. The number of carbonyl (C=O) groups is 1. The Morgan fingerprint density at radius 1 is 1.03 bits per heavy atom. The first-order valence-corrected chi connectivity index (χ1v) is 12.4. The van der Waals surface area contributed by atoms with Crippen LogP contribution in [0.4, 0.5) is 10.1 Å². The zero-order valence-corrected chi connectivity index (χ0v) is 21.0. The van der Waals surface area contributed by atoms with Crippen molar-refractivity contribution in [3.63, 3.8) is 0 Å². The number of ketones is 1. The molecule has 1 atom stereocenters. The van der Waals surface area contributed by atoms with E-state index < -0.39 is 11.7 Å². The molecule has 0 saturated carbocycles. The van der Waals surface area contributed by atoms with Crippen molar-refractivity contribution >= 4 is 46.3 Å². The lowest BCUT2D eigenvalue weighted by Gasteiger charge is -2.42. The third kappa shape index (κ3) is 4.12. The lowest BCUT2D eigenvalue weighted by molar-refractivity contribution is -0.116. The first kappa shape index (κ1) is 24.3. The number of rotatable bonds is 3. The summed E-state index contributed by atoms with van der Waals surface area (Å²) >= 11 is 12.5. The minimum atomic E-state index is -0.929. The van der Waals surface area contributed by atoms with Crippen LogP contribution in [-0.2, 0) is 4.79 Å². The van der Waals surface area contributed by atoms with Crippen LogP contribution in [0, 0.1) is 18.2 Å². The van der Waals surface area contributed by atoms with Crippen LogP contribution in [0.5, 0.6) is 0 Å². The molecular formula is C29H23Cl2FN2O2. The number of nitrogens with one attached hydrogen (secondary N) is 1. The van der Waals surface area contributed by atoms with E-state index in [1.807, 2.05) is 19.1 Å². The van der Waals surface area contributed by atoms with Gasteiger partial charge in [0, 0.05) is 46.0 Å². The van der Waals surface area contributed by atoms with Gasteiger partial charge in [0.25, 0.3) is 0 Å². The second-order valence-corrected chi connectivity index (χ2v) is 9.82. The number of hydrogen-bond donors (Lipinski definition) is 2. The van der Waals surface area contributed by atoms with E-state index in [0.717, 1.165) is 5.56 Å². The second kappa shape index (κ2) is 9.57. The number of aryl methyl sites for hydroxylation is 1. The third-order valence-electron chi connectivity index (χ3n) is 6.71. The van der Waals surface area contributed by atoms with Crippen molar-refractivity contribution in [3.05, 3.63) is 116 Å². The van der Waals surface area contributed by atoms with Crippen molar-refractivity contribution in [3.8, 4) is 0 Å². The van der Waals surface area contributed by atoms with Crippen molar-refractivity contribution < 1.29 is 14.3 Å². The first-order chi connectivity index (χ1) is 17.3. The van der Waals surface area contributed by atoms with Crippen molar-refractivity contribution in [2.24, 2.45) is 0 Å². The van der Waals surface area contributed by atoms with Crippen molar-refractivity contribution in [1.82, 2.24) is 0 Å². The van der Waals surface area contributed by atoms with Crippen molar-refractivity contribution in [2.45, 2.75) is 32.1 Å². The molecule has 7 heteroatoms. The molecule has 36 heavy (non-hydrogen) atoms. The fourth-order valence-electron chi connectivity index (χ4n) is 4.99. The number of nitrogens with zero attached hydrogens (tertiary/aromatic N) is 1. The minimum Gasteiger partial charge on any atom is -0.507 e. The van der Waals surface area contributed by atoms with Crippen molar-refractivity contribution in [2.75, 3.05) is 4.90 Å². The Bertz CT molecular complexity index is 1460. The highest BCUT2D eigenvalue weighted by Gasteiger charge is 2.44. The summed E-state index contributed by atoms with van der Waals surface area (Å²) in [6, 6.07) is 18.4. The van der Waals surface area contributed by atoms with Gasteiger partial charge in [-0.25, -0.2) is 4.39 Å². The van der Waals surface area contributed by atoms with Crippen LogP contribution >= 0.6 is 23.2 Å². The normalized spacial score (nSPS) is 19.4. The Labute approximate surface area is 218 Å². The summed E-state index contributed by atoms with van der Waals surface area (Å²) in [6.07, 6.45) is 1.44. The van der Waals surface area contributed by atoms with E-state index in [1.165, 1.54) is 6.07 Å². The molecule has 2 aliphatic rings. The van der Waals surface area contributed by atoms with Gasteiger partial charge in [0.05, 0.1) is 10.0 Å². The number of anilines is 1. The lowest BCUT2D eigenvalue weighted by atomic mass is 9.73. The number of amidine groups is 1. The van der Waals surface area contributed by atoms with Gasteiger partial charge in [0.15, 0.2) is 5.78 Å². The summed E-state index contributed by atoms with van der Waals surface area (Å²) < 4.78 is 15.2. The van der Waals surface area contributed by atoms with E-state index >= 15 is 4.39 Å². The molecule has 3 aromatic rings. The lowest BCUT2D eigenvalue weighted by Crippen LogP contribution is -2.42. The monoisotopic (exact) mass is 520 g/mol. The first-order valence-electron chi connectivity index (χ1n) is 11.6. The molecule has 4 nitrogen and oxygen atoms in total. The van der Waals surface area contributed by atoms with Gasteiger partial charge in [-0.15, -0.1) is 0 Å². The van der Waals surface area contributed by atoms with E-state index in [2.05, 4.69) is 0 Å². The zero-order chi connectivity index (χ0) is 25.6. The maximum Gasteiger partial charge on any atom is 0.161 e. The number of aliphatic hydroxyl groups is 1. The Morgan fingerprint density at radius 3 is 2.44 bits per heavy atom. The summed E-state index contributed by atoms with van der Waals surface area (Å²) in [6.45, 7) is 1.93.